The fraction of sp³-hybridized carbons (Fsp3) is 0.420. The van der Waals surface area contributed by atoms with E-state index in [4.69, 9.17) is 16.3 Å². The molecule has 4 aromatic rings. The van der Waals surface area contributed by atoms with E-state index in [1.165, 1.54) is 28.8 Å². The molecule has 17 heteroatoms. The van der Waals surface area contributed by atoms with Crippen LogP contribution in [-0.2, 0) is 16.4 Å². The van der Waals surface area contributed by atoms with E-state index >= 15 is 0 Å². The number of piperazine rings is 1. The number of alkyl halides is 3. The van der Waals surface area contributed by atoms with Gasteiger partial charge in [0.1, 0.15) is 17.2 Å². The molecule has 0 saturated carbocycles. The first-order valence-electron chi connectivity index (χ1n) is 22.9. The van der Waals surface area contributed by atoms with Gasteiger partial charge in [-0.2, -0.15) is 13.2 Å². The molecule has 2 aliphatic heterocycles. The molecule has 4 aromatic carbocycles. The lowest BCUT2D eigenvalue weighted by Crippen LogP contribution is -2.47. The number of ether oxygens (including phenoxy) is 1. The molecule has 0 spiro atoms. The van der Waals surface area contributed by atoms with Crippen molar-refractivity contribution < 1.29 is 36.0 Å². The predicted octanol–water partition coefficient (Wildman–Crippen LogP) is 10.7. The number of nitro groups is 1. The number of nitrogens with zero attached hydrogens (tertiary/aromatic N) is 4. The fourth-order valence-electron chi connectivity index (χ4n) is 9.56. The number of piperidine rings is 1. The molecule has 0 bridgehead atoms. The first kappa shape index (κ1) is 48.1. The van der Waals surface area contributed by atoms with E-state index in [2.05, 4.69) is 45.8 Å². The molecule has 2 heterocycles. The van der Waals surface area contributed by atoms with Crippen LogP contribution in [0.15, 0.2) is 95.4 Å². The molecule has 2 aliphatic carbocycles. The highest BCUT2D eigenvalue weighted by Gasteiger charge is 2.32. The van der Waals surface area contributed by atoms with Crippen LogP contribution in [0.3, 0.4) is 0 Å². The third kappa shape index (κ3) is 12.0. The van der Waals surface area contributed by atoms with Crippen LogP contribution >= 0.6 is 11.6 Å². The number of hydrogen-bond donors (Lipinski definition) is 2. The highest BCUT2D eigenvalue weighted by Crippen LogP contribution is 2.44. The van der Waals surface area contributed by atoms with Crippen molar-refractivity contribution in [1.29, 1.82) is 0 Å². The van der Waals surface area contributed by atoms with Gasteiger partial charge < -0.3 is 19.9 Å². The van der Waals surface area contributed by atoms with E-state index in [0.717, 1.165) is 73.2 Å². The van der Waals surface area contributed by atoms with E-state index in [0.29, 0.717) is 51.3 Å². The molecule has 67 heavy (non-hydrogen) atoms. The number of rotatable bonds is 15. The topological polar surface area (TPSA) is 137 Å². The maximum absolute atomic E-state index is 14.1. The van der Waals surface area contributed by atoms with E-state index in [1.54, 1.807) is 24.3 Å². The number of anilines is 2. The Morgan fingerprint density at radius 2 is 1.69 bits per heavy atom. The maximum Gasteiger partial charge on any atom is 0.389 e. The van der Waals surface area contributed by atoms with Crippen molar-refractivity contribution in [3.8, 4) is 11.5 Å². The normalized spacial score (nSPS) is 18.2. The number of nitro benzene ring substituents is 1. The zero-order chi connectivity index (χ0) is 47.5. The molecular weight excluding hydrogens is 905 g/mol. The number of nitrogens with one attached hydrogen (secondary N) is 2. The summed E-state index contributed by atoms with van der Waals surface area (Å²) in [7, 11) is -4.63. The van der Waals surface area contributed by atoms with Crippen LogP contribution in [0, 0.1) is 15.5 Å². The van der Waals surface area contributed by atoms with Crippen molar-refractivity contribution in [3.05, 3.63) is 128 Å². The van der Waals surface area contributed by atoms with Crippen LogP contribution in [-0.4, -0.2) is 93.6 Å². The van der Waals surface area contributed by atoms with Crippen LogP contribution in [0.5, 0.6) is 11.5 Å². The summed E-state index contributed by atoms with van der Waals surface area (Å²) in [5.74, 6) is -0.306. The number of fused-ring (bicyclic) bond motifs is 1. The quantitative estimate of drug-likeness (QED) is 0.0875. The summed E-state index contributed by atoms with van der Waals surface area (Å²) in [5.41, 5.74) is 6.58. The number of sulfonamides is 1. The van der Waals surface area contributed by atoms with Crippen molar-refractivity contribution in [2.24, 2.45) is 5.41 Å². The molecule has 1 amide bonds. The van der Waals surface area contributed by atoms with Gasteiger partial charge in [-0.15, -0.1) is 0 Å². The Hall–Kier alpha value is -5.42. The Morgan fingerprint density at radius 3 is 2.40 bits per heavy atom. The van der Waals surface area contributed by atoms with Crippen molar-refractivity contribution in [1.82, 2.24) is 14.5 Å². The Kier molecular flexibility index (Phi) is 14.4. The monoisotopic (exact) mass is 960 g/mol. The number of benzene rings is 4. The number of halogens is 4. The lowest BCUT2D eigenvalue weighted by molar-refractivity contribution is -0.384. The summed E-state index contributed by atoms with van der Waals surface area (Å²) >= 11 is 6.25. The number of amides is 1. The van der Waals surface area contributed by atoms with Crippen molar-refractivity contribution in [2.45, 2.75) is 82.3 Å². The fourth-order valence-corrected chi connectivity index (χ4v) is 10.7. The van der Waals surface area contributed by atoms with Crippen molar-refractivity contribution >= 4 is 56.2 Å². The minimum Gasteiger partial charge on any atom is -0.456 e. The summed E-state index contributed by atoms with van der Waals surface area (Å²) in [4.78, 5) is 31.8. The third-order valence-electron chi connectivity index (χ3n) is 13.3. The van der Waals surface area contributed by atoms with Crippen LogP contribution in [0.4, 0.5) is 30.2 Å². The van der Waals surface area contributed by atoms with Gasteiger partial charge in [-0.3, -0.25) is 19.8 Å². The van der Waals surface area contributed by atoms with E-state index in [-0.39, 0.29) is 34.9 Å². The molecule has 2 N–H and O–H groups in total. The van der Waals surface area contributed by atoms with Crippen molar-refractivity contribution in [3.63, 3.8) is 0 Å². The van der Waals surface area contributed by atoms with Gasteiger partial charge in [0, 0.05) is 86.7 Å². The first-order chi connectivity index (χ1) is 31.9. The minimum atomic E-state index is -4.63. The van der Waals surface area contributed by atoms with Gasteiger partial charge in [0.2, 0.25) is 0 Å². The predicted molar refractivity (Wildman–Crippen MR) is 256 cm³/mol. The van der Waals surface area contributed by atoms with E-state index < -0.39 is 44.0 Å². The number of allylic oxidation sites excluding steroid dienone is 2. The second-order valence-electron chi connectivity index (χ2n) is 18.8. The third-order valence-corrected chi connectivity index (χ3v) is 14.9. The molecular formula is C50H56ClF3N6O6S. The Labute approximate surface area is 395 Å². The molecule has 2 fully saturated rings. The lowest BCUT2D eigenvalue weighted by atomic mass is 9.72. The lowest BCUT2D eigenvalue weighted by Gasteiger charge is -2.39. The smallest absolute Gasteiger partial charge is 0.389 e. The summed E-state index contributed by atoms with van der Waals surface area (Å²) in [5, 5.41) is 16.1. The highest BCUT2D eigenvalue weighted by molar-refractivity contribution is 7.90. The van der Waals surface area contributed by atoms with Crippen LogP contribution in [0.1, 0.15) is 85.8 Å². The number of likely N-dealkylation sites (tertiary alicyclic amines) is 1. The molecule has 0 atom stereocenters. The molecule has 356 valence electrons. The Bertz CT molecular complexity index is 2660. The number of carbonyl (C=O) groups is 1. The summed E-state index contributed by atoms with van der Waals surface area (Å²) in [6, 6.07) is 22.1. The number of carbonyl (C=O) groups excluding carboxylic acids is 1. The van der Waals surface area contributed by atoms with Gasteiger partial charge >= 0.3 is 6.18 Å². The van der Waals surface area contributed by atoms with Gasteiger partial charge in [0.25, 0.3) is 21.6 Å². The SMILES string of the molecule is CC1(C)CCC(CN2CCN(c3ccc(C(=O)NS(=O)(=O)c4ccc(NC5CCN(CCCC(F)(F)F)CC5)c([N+](=O)[O-])c4)c(Oc4cccc5c4C=CC5)c3)CC2)=C(c2ccc(Cl)cc2)C1. The summed E-state index contributed by atoms with van der Waals surface area (Å²) in [6.45, 7) is 9.90. The van der Waals surface area contributed by atoms with Gasteiger partial charge in [-0.1, -0.05) is 67.4 Å². The maximum atomic E-state index is 14.1. The molecule has 8 rings (SSSR count). The average Bonchev–Trinajstić information content (AvgIpc) is 3.78. The molecule has 0 radical (unpaired) electrons. The average molecular weight is 962 g/mol. The van der Waals surface area contributed by atoms with Gasteiger partial charge in [-0.05, 0) is 116 Å². The van der Waals surface area contributed by atoms with E-state index in [9.17, 15) is 36.5 Å². The zero-order valence-corrected chi connectivity index (χ0v) is 39.3. The first-order valence-corrected chi connectivity index (χ1v) is 24.7. The van der Waals surface area contributed by atoms with Crippen LogP contribution in [0.2, 0.25) is 5.02 Å². The molecule has 0 aromatic heterocycles. The minimum absolute atomic E-state index is 0.00436. The largest absolute Gasteiger partial charge is 0.456 e. The Morgan fingerprint density at radius 1 is 0.940 bits per heavy atom. The van der Waals surface area contributed by atoms with Crippen LogP contribution < -0.4 is 19.7 Å². The van der Waals surface area contributed by atoms with Gasteiger partial charge in [0.05, 0.1) is 15.4 Å². The molecule has 2 saturated heterocycles. The number of hydrogen-bond acceptors (Lipinski definition) is 10. The van der Waals surface area contributed by atoms with Gasteiger partial charge in [0.15, 0.2) is 0 Å². The van der Waals surface area contributed by atoms with E-state index in [1.807, 2.05) is 41.3 Å². The van der Waals surface area contributed by atoms with Crippen molar-refractivity contribution in [2.75, 3.05) is 62.6 Å². The molecule has 4 aliphatic rings. The second-order valence-corrected chi connectivity index (χ2v) is 20.9. The zero-order valence-electron chi connectivity index (χ0n) is 37.7. The molecule has 12 nitrogen and oxygen atoms in total. The second kappa shape index (κ2) is 20.0. The Balaban J connectivity index is 0.969. The van der Waals surface area contributed by atoms with Gasteiger partial charge in [-0.25, -0.2) is 13.1 Å². The standard InChI is InChI=1S/C50H56ClF3N6O6S/c1-49(2)22-18-36(43(32-49)35-10-12-37(51)13-11-35)33-58-26-28-59(29-27-58)39-14-16-42(47(30-39)66-46-9-4-7-34-6-3-8-41(34)46)48(61)56-67(64,65)40-15-17-44(45(31-40)60(62)63)55-38-19-24-57(25-20-38)23-5-21-50(52,53)54/h3-4,7-17,30-31,38,55H,5-6,18-29,32-33H2,1-2H3,(H,56,61). The highest BCUT2D eigenvalue weighted by atomic mass is 35.5. The summed E-state index contributed by atoms with van der Waals surface area (Å²) < 4.78 is 74.1. The summed E-state index contributed by atoms with van der Waals surface area (Å²) in [6.07, 6.45) is 3.86. The molecule has 0 unspecified atom stereocenters. The van der Waals surface area contributed by atoms with Crippen LogP contribution in [0.25, 0.3) is 11.6 Å².